The number of hydrogen-bond acceptors (Lipinski definition) is 3. The molecule has 1 aromatic carbocycles. The number of halogens is 1. The molecular formula is C13H17BrO4. The highest BCUT2D eigenvalue weighted by Gasteiger charge is 2.21. The van der Waals surface area contributed by atoms with Crippen LogP contribution >= 0.6 is 15.9 Å². The lowest BCUT2D eigenvalue weighted by atomic mass is 9.94. The van der Waals surface area contributed by atoms with E-state index in [9.17, 15) is 4.79 Å². The fraction of sp³-hybridized carbons (Fsp3) is 0.462. The first kappa shape index (κ1) is 14.8. The van der Waals surface area contributed by atoms with E-state index in [0.717, 1.165) is 15.6 Å². The summed E-state index contributed by atoms with van der Waals surface area (Å²) < 4.78 is 11.3. The zero-order chi connectivity index (χ0) is 13.9. The molecule has 1 N–H and O–H groups in total. The number of aliphatic carboxylic acids is 1. The summed E-state index contributed by atoms with van der Waals surface area (Å²) in [5, 5.41) is 8.97. The first-order chi connectivity index (χ1) is 8.42. The van der Waals surface area contributed by atoms with E-state index in [0.29, 0.717) is 11.5 Å². The van der Waals surface area contributed by atoms with Gasteiger partial charge >= 0.3 is 5.97 Å². The second kappa shape index (κ2) is 6.09. The van der Waals surface area contributed by atoms with Gasteiger partial charge in [-0.25, -0.2) is 0 Å². The van der Waals surface area contributed by atoms with Crippen molar-refractivity contribution in [3.8, 4) is 11.5 Å². The smallest absolute Gasteiger partial charge is 0.307 e. The summed E-state index contributed by atoms with van der Waals surface area (Å²) >= 11 is 3.48. The van der Waals surface area contributed by atoms with E-state index >= 15 is 0 Å². The predicted octanol–water partition coefficient (Wildman–Crippen LogP) is 3.22. The van der Waals surface area contributed by atoms with Crippen LogP contribution in [-0.2, 0) is 11.2 Å². The maximum Gasteiger partial charge on any atom is 0.307 e. The molecule has 18 heavy (non-hydrogen) atoms. The van der Waals surface area contributed by atoms with Crippen molar-refractivity contribution >= 4 is 21.9 Å². The molecule has 0 amide bonds. The molecule has 0 aliphatic carbocycles. The minimum atomic E-state index is -0.865. The predicted molar refractivity (Wildman–Crippen MR) is 72.7 cm³/mol. The molecule has 0 aromatic heterocycles. The molecule has 0 saturated heterocycles. The Hall–Kier alpha value is -1.23. The SMILES string of the molecule is COc1cc(CC(=O)O)c(C(C)C)c(Br)c1OC. The number of hydrogen-bond donors (Lipinski definition) is 1. The summed E-state index contributed by atoms with van der Waals surface area (Å²) in [6, 6.07) is 1.73. The van der Waals surface area contributed by atoms with Crippen LogP contribution in [0.25, 0.3) is 0 Å². The van der Waals surface area contributed by atoms with Crippen molar-refractivity contribution in [1.82, 2.24) is 0 Å². The molecule has 0 heterocycles. The lowest BCUT2D eigenvalue weighted by Crippen LogP contribution is -2.07. The molecule has 0 saturated carbocycles. The second-order valence-corrected chi connectivity index (χ2v) is 5.02. The highest BCUT2D eigenvalue weighted by Crippen LogP contribution is 2.42. The summed E-state index contributed by atoms with van der Waals surface area (Å²) in [5.41, 5.74) is 1.68. The van der Waals surface area contributed by atoms with Crippen LogP contribution in [0.15, 0.2) is 10.5 Å². The topological polar surface area (TPSA) is 55.8 Å². The maximum absolute atomic E-state index is 10.9. The van der Waals surface area contributed by atoms with Gasteiger partial charge in [0.05, 0.1) is 25.1 Å². The number of methoxy groups -OCH3 is 2. The van der Waals surface area contributed by atoms with Crippen molar-refractivity contribution in [3.63, 3.8) is 0 Å². The molecule has 0 fully saturated rings. The van der Waals surface area contributed by atoms with Crippen LogP contribution in [0.2, 0.25) is 0 Å². The molecule has 0 aliphatic heterocycles. The number of carboxylic acid groups (broad SMARTS) is 1. The molecule has 1 rings (SSSR count). The maximum atomic E-state index is 10.9. The van der Waals surface area contributed by atoms with Crippen molar-refractivity contribution in [2.24, 2.45) is 0 Å². The molecule has 0 spiro atoms. The Morgan fingerprint density at radius 3 is 2.39 bits per heavy atom. The van der Waals surface area contributed by atoms with Gasteiger partial charge in [0.15, 0.2) is 11.5 Å². The first-order valence-corrected chi connectivity index (χ1v) is 6.36. The third-order valence-corrected chi connectivity index (χ3v) is 3.44. The van der Waals surface area contributed by atoms with Crippen LogP contribution in [0, 0.1) is 0 Å². The fourth-order valence-corrected chi connectivity index (χ4v) is 3.02. The Morgan fingerprint density at radius 2 is 2.00 bits per heavy atom. The highest BCUT2D eigenvalue weighted by atomic mass is 79.9. The minimum absolute atomic E-state index is 0.0353. The largest absolute Gasteiger partial charge is 0.493 e. The highest BCUT2D eigenvalue weighted by molar-refractivity contribution is 9.10. The number of ether oxygens (including phenoxy) is 2. The first-order valence-electron chi connectivity index (χ1n) is 5.57. The van der Waals surface area contributed by atoms with Gasteiger partial charge in [-0.15, -0.1) is 0 Å². The van der Waals surface area contributed by atoms with Gasteiger partial charge in [-0.3, -0.25) is 4.79 Å². The van der Waals surface area contributed by atoms with Crippen LogP contribution in [0.3, 0.4) is 0 Å². The summed E-state index contributed by atoms with van der Waals surface area (Å²) in [6.07, 6.45) is -0.0353. The standard InChI is InChI=1S/C13H17BrO4/c1-7(2)11-8(6-10(15)16)5-9(17-3)13(18-4)12(11)14/h5,7H,6H2,1-4H3,(H,15,16). The number of carbonyl (C=O) groups is 1. The van der Waals surface area contributed by atoms with Crippen LogP contribution < -0.4 is 9.47 Å². The van der Waals surface area contributed by atoms with Crippen LogP contribution in [0.1, 0.15) is 30.9 Å². The second-order valence-electron chi connectivity index (χ2n) is 4.22. The van der Waals surface area contributed by atoms with E-state index in [1.807, 2.05) is 13.8 Å². The molecule has 0 unspecified atom stereocenters. The molecule has 0 atom stereocenters. The average molecular weight is 317 g/mol. The normalized spacial score (nSPS) is 10.6. The summed E-state index contributed by atoms with van der Waals surface area (Å²) in [4.78, 5) is 10.9. The van der Waals surface area contributed by atoms with Gasteiger partial charge in [-0.1, -0.05) is 13.8 Å². The monoisotopic (exact) mass is 316 g/mol. The van der Waals surface area contributed by atoms with E-state index in [1.54, 1.807) is 13.2 Å². The molecule has 0 bridgehead atoms. The summed E-state index contributed by atoms with van der Waals surface area (Å²) in [6.45, 7) is 4.02. The number of rotatable bonds is 5. The number of benzene rings is 1. The average Bonchev–Trinajstić information content (AvgIpc) is 2.26. The van der Waals surface area contributed by atoms with Gasteiger partial charge in [0.2, 0.25) is 0 Å². The van der Waals surface area contributed by atoms with Crippen LogP contribution in [-0.4, -0.2) is 25.3 Å². The fourth-order valence-electron chi connectivity index (χ4n) is 1.95. The zero-order valence-electron chi connectivity index (χ0n) is 10.9. The van der Waals surface area contributed by atoms with Gasteiger partial charge in [0.25, 0.3) is 0 Å². The van der Waals surface area contributed by atoms with Crippen molar-refractivity contribution < 1.29 is 19.4 Å². The third kappa shape index (κ3) is 2.96. The van der Waals surface area contributed by atoms with Crippen LogP contribution in [0.4, 0.5) is 0 Å². The Kier molecular flexibility index (Phi) is 5.02. The molecule has 0 aliphatic rings. The summed E-state index contributed by atoms with van der Waals surface area (Å²) in [7, 11) is 3.09. The Morgan fingerprint density at radius 1 is 1.39 bits per heavy atom. The number of carboxylic acids is 1. The van der Waals surface area contributed by atoms with E-state index in [1.165, 1.54) is 7.11 Å². The van der Waals surface area contributed by atoms with E-state index < -0.39 is 5.97 Å². The van der Waals surface area contributed by atoms with Crippen LogP contribution in [0.5, 0.6) is 11.5 Å². The van der Waals surface area contributed by atoms with E-state index in [-0.39, 0.29) is 12.3 Å². The van der Waals surface area contributed by atoms with Crippen molar-refractivity contribution in [2.45, 2.75) is 26.2 Å². The lowest BCUT2D eigenvalue weighted by molar-refractivity contribution is -0.136. The Bertz CT molecular complexity index is 455. The van der Waals surface area contributed by atoms with E-state index in [2.05, 4.69) is 15.9 Å². The molecular weight excluding hydrogens is 300 g/mol. The molecule has 100 valence electrons. The third-order valence-electron chi connectivity index (χ3n) is 2.65. The van der Waals surface area contributed by atoms with Gasteiger partial charge in [-0.2, -0.15) is 0 Å². The van der Waals surface area contributed by atoms with E-state index in [4.69, 9.17) is 14.6 Å². The van der Waals surface area contributed by atoms with Gasteiger partial charge in [0.1, 0.15) is 0 Å². The Labute approximate surface area is 115 Å². The molecule has 1 aromatic rings. The minimum Gasteiger partial charge on any atom is -0.493 e. The van der Waals surface area contributed by atoms with Crippen molar-refractivity contribution in [2.75, 3.05) is 14.2 Å². The van der Waals surface area contributed by atoms with Gasteiger partial charge < -0.3 is 14.6 Å². The van der Waals surface area contributed by atoms with Gasteiger partial charge in [-0.05, 0) is 39.0 Å². The summed E-state index contributed by atoms with van der Waals surface area (Å²) in [5.74, 6) is 0.449. The lowest BCUT2D eigenvalue weighted by Gasteiger charge is -2.19. The Balaban J connectivity index is 3.49. The van der Waals surface area contributed by atoms with Crippen molar-refractivity contribution in [1.29, 1.82) is 0 Å². The quantitative estimate of drug-likeness (QED) is 0.906. The molecule has 0 radical (unpaired) electrons. The molecule has 5 heteroatoms. The van der Waals surface area contributed by atoms with Crippen molar-refractivity contribution in [3.05, 3.63) is 21.7 Å². The zero-order valence-corrected chi connectivity index (χ0v) is 12.5. The van der Waals surface area contributed by atoms with Gasteiger partial charge in [0, 0.05) is 0 Å². The molecule has 4 nitrogen and oxygen atoms in total.